The number of hydrogen-bond donors (Lipinski definition) is 1. The van der Waals surface area contributed by atoms with Gasteiger partial charge < -0.3 is 5.32 Å². The molecule has 3 heteroatoms. The van der Waals surface area contributed by atoms with Crippen LogP contribution in [0.15, 0.2) is 29.3 Å². The third-order valence-electron chi connectivity index (χ3n) is 3.74. The molecular weight excluding hydrogens is 263 g/mol. The Hall–Kier alpha value is -1.48. The van der Waals surface area contributed by atoms with E-state index in [0.717, 1.165) is 29.9 Å². The number of halogens is 1. The second-order valence-electron chi connectivity index (χ2n) is 5.89. The molecule has 116 valence electrons. The Balaban J connectivity index is 3.05. The van der Waals surface area contributed by atoms with Crippen molar-refractivity contribution in [3.8, 4) is 0 Å². The Morgan fingerprint density at radius 1 is 1.38 bits per heavy atom. The number of allylic oxidation sites excluding steroid dienone is 1. The summed E-state index contributed by atoms with van der Waals surface area (Å²) in [5, 5.41) is 3.49. The Labute approximate surface area is 128 Å². The van der Waals surface area contributed by atoms with Gasteiger partial charge in [-0.1, -0.05) is 13.0 Å². The molecule has 0 aliphatic heterocycles. The van der Waals surface area contributed by atoms with Crippen molar-refractivity contribution in [2.45, 2.75) is 53.5 Å². The van der Waals surface area contributed by atoms with Crippen LogP contribution in [0.25, 0.3) is 5.70 Å². The van der Waals surface area contributed by atoms with Crippen LogP contribution in [-0.4, -0.2) is 17.8 Å². The minimum absolute atomic E-state index is 0.153. The lowest BCUT2D eigenvalue weighted by Crippen LogP contribution is -2.45. The van der Waals surface area contributed by atoms with Gasteiger partial charge in [0.2, 0.25) is 0 Å². The Kier molecular flexibility index (Phi) is 6.28. The molecule has 1 N–H and O–H groups in total. The zero-order chi connectivity index (χ0) is 16.0. The SMILES string of the molecule is C/C=C(\N=C(C)C(C)(C)NCCC)c1ccc(F)c(C)c1. The van der Waals surface area contributed by atoms with Gasteiger partial charge in [0, 0.05) is 11.3 Å². The van der Waals surface area contributed by atoms with E-state index in [9.17, 15) is 4.39 Å². The summed E-state index contributed by atoms with van der Waals surface area (Å²) in [7, 11) is 0. The molecule has 0 amide bonds. The molecule has 1 aromatic carbocycles. The van der Waals surface area contributed by atoms with Crippen LogP contribution < -0.4 is 5.32 Å². The fourth-order valence-electron chi connectivity index (χ4n) is 1.99. The molecule has 0 fully saturated rings. The van der Waals surface area contributed by atoms with Gasteiger partial charge in [-0.25, -0.2) is 4.39 Å². The van der Waals surface area contributed by atoms with Crippen LogP contribution in [0.1, 0.15) is 52.2 Å². The third kappa shape index (κ3) is 4.78. The van der Waals surface area contributed by atoms with E-state index < -0.39 is 0 Å². The number of benzene rings is 1. The molecule has 0 aliphatic rings. The highest BCUT2D eigenvalue weighted by atomic mass is 19.1. The van der Waals surface area contributed by atoms with Crippen LogP contribution >= 0.6 is 0 Å². The van der Waals surface area contributed by atoms with Gasteiger partial charge in [-0.05, 0) is 71.3 Å². The monoisotopic (exact) mass is 290 g/mol. The first-order valence-electron chi connectivity index (χ1n) is 7.55. The van der Waals surface area contributed by atoms with Crippen LogP contribution in [0.5, 0.6) is 0 Å². The molecule has 0 saturated heterocycles. The minimum Gasteiger partial charge on any atom is -0.307 e. The minimum atomic E-state index is -0.181. The normalized spacial score (nSPS) is 13.7. The summed E-state index contributed by atoms with van der Waals surface area (Å²) in [4.78, 5) is 4.75. The third-order valence-corrected chi connectivity index (χ3v) is 3.74. The van der Waals surface area contributed by atoms with Crippen molar-refractivity contribution >= 4 is 11.4 Å². The maximum atomic E-state index is 13.4. The number of aliphatic imine (C=N–C) groups is 1. The van der Waals surface area contributed by atoms with E-state index in [1.807, 2.05) is 26.0 Å². The first-order valence-corrected chi connectivity index (χ1v) is 7.55. The van der Waals surface area contributed by atoms with E-state index >= 15 is 0 Å². The predicted octanol–water partition coefficient (Wildman–Crippen LogP) is 4.73. The fraction of sp³-hybridized carbons (Fsp3) is 0.500. The first kappa shape index (κ1) is 17.6. The predicted molar refractivity (Wildman–Crippen MR) is 90.3 cm³/mol. The van der Waals surface area contributed by atoms with Crippen molar-refractivity contribution < 1.29 is 4.39 Å². The smallest absolute Gasteiger partial charge is 0.126 e. The molecule has 0 heterocycles. The fourth-order valence-corrected chi connectivity index (χ4v) is 1.99. The number of nitrogens with one attached hydrogen (secondary N) is 1. The molecule has 0 aromatic heterocycles. The standard InChI is InChI=1S/C18H27FN2/c1-7-11-20-18(5,6)14(4)21-17(8-2)15-9-10-16(19)13(3)12-15/h8-10,12,20H,7,11H2,1-6H3/b17-8-,21-14?. The number of aryl methyl sites for hydroxylation is 1. The second-order valence-corrected chi connectivity index (χ2v) is 5.89. The highest BCUT2D eigenvalue weighted by Crippen LogP contribution is 2.21. The van der Waals surface area contributed by atoms with E-state index in [0.29, 0.717) is 5.56 Å². The Morgan fingerprint density at radius 2 is 2.05 bits per heavy atom. The number of nitrogens with zero attached hydrogens (tertiary/aromatic N) is 1. The van der Waals surface area contributed by atoms with Crippen LogP contribution in [0.2, 0.25) is 0 Å². The lowest BCUT2D eigenvalue weighted by atomic mass is 9.98. The second kappa shape index (κ2) is 7.51. The molecule has 1 aromatic rings. The van der Waals surface area contributed by atoms with Gasteiger partial charge in [0.15, 0.2) is 0 Å². The average molecular weight is 290 g/mol. The van der Waals surface area contributed by atoms with Crippen molar-refractivity contribution in [3.05, 3.63) is 41.2 Å². The summed E-state index contributed by atoms with van der Waals surface area (Å²) in [5.41, 5.74) is 3.33. The summed E-state index contributed by atoms with van der Waals surface area (Å²) in [5.74, 6) is -0.181. The van der Waals surface area contributed by atoms with Gasteiger partial charge in [-0.15, -0.1) is 0 Å². The molecule has 0 bridgehead atoms. The van der Waals surface area contributed by atoms with Gasteiger partial charge in [-0.2, -0.15) is 0 Å². The Bertz CT molecular complexity index is 542. The van der Waals surface area contributed by atoms with E-state index in [1.54, 1.807) is 13.0 Å². The quantitative estimate of drug-likeness (QED) is 0.752. The molecule has 0 spiro atoms. The van der Waals surface area contributed by atoms with Crippen molar-refractivity contribution in [2.24, 2.45) is 4.99 Å². The highest BCUT2D eigenvalue weighted by molar-refractivity contribution is 5.94. The van der Waals surface area contributed by atoms with E-state index in [1.165, 1.54) is 6.07 Å². The maximum Gasteiger partial charge on any atom is 0.126 e. The van der Waals surface area contributed by atoms with E-state index in [2.05, 4.69) is 26.1 Å². The topological polar surface area (TPSA) is 24.4 Å². The summed E-state index contributed by atoms with van der Waals surface area (Å²) in [6, 6.07) is 5.12. The molecule has 0 radical (unpaired) electrons. The summed E-state index contributed by atoms with van der Waals surface area (Å²) in [6.07, 6.45) is 3.05. The lowest BCUT2D eigenvalue weighted by molar-refractivity contribution is 0.502. The lowest BCUT2D eigenvalue weighted by Gasteiger charge is -2.26. The number of hydrogen-bond acceptors (Lipinski definition) is 2. The average Bonchev–Trinajstić information content (AvgIpc) is 2.45. The van der Waals surface area contributed by atoms with Gasteiger partial charge in [-0.3, -0.25) is 4.99 Å². The van der Waals surface area contributed by atoms with Crippen molar-refractivity contribution in [3.63, 3.8) is 0 Å². The van der Waals surface area contributed by atoms with E-state index in [-0.39, 0.29) is 11.4 Å². The molecule has 1 rings (SSSR count). The zero-order valence-electron chi connectivity index (χ0n) is 14.0. The van der Waals surface area contributed by atoms with Gasteiger partial charge in [0.1, 0.15) is 5.82 Å². The van der Waals surface area contributed by atoms with E-state index in [4.69, 9.17) is 4.99 Å². The molecule has 0 saturated carbocycles. The van der Waals surface area contributed by atoms with Crippen LogP contribution in [0, 0.1) is 12.7 Å². The molecule has 0 unspecified atom stereocenters. The van der Waals surface area contributed by atoms with Gasteiger partial charge in [0.25, 0.3) is 0 Å². The van der Waals surface area contributed by atoms with Crippen molar-refractivity contribution in [1.29, 1.82) is 0 Å². The van der Waals surface area contributed by atoms with Gasteiger partial charge >= 0.3 is 0 Å². The van der Waals surface area contributed by atoms with Crippen molar-refractivity contribution in [1.82, 2.24) is 5.32 Å². The zero-order valence-corrected chi connectivity index (χ0v) is 14.0. The van der Waals surface area contributed by atoms with Crippen LogP contribution in [-0.2, 0) is 0 Å². The molecule has 21 heavy (non-hydrogen) atoms. The summed E-state index contributed by atoms with van der Waals surface area (Å²) < 4.78 is 13.4. The van der Waals surface area contributed by atoms with Gasteiger partial charge in [0.05, 0.1) is 11.2 Å². The van der Waals surface area contributed by atoms with Crippen LogP contribution in [0.4, 0.5) is 4.39 Å². The molecule has 2 nitrogen and oxygen atoms in total. The molecule has 0 aliphatic carbocycles. The largest absolute Gasteiger partial charge is 0.307 e. The summed E-state index contributed by atoms with van der Waals surface area (Å²) in [6.45, 7) is 13.1. The maximum absolute atomic E-state index is 13.4. The number of rotatable bonds is 6. The first-order chi connectivity index (χ1) is 9.81. The van der Waals surface area contributed by atoms with Crippen LogP contribution in [0.3, 0.4) is 0 Å². The van der Waals surface area contributed by atoms with Crippen molar-refractivity contribution in [2.75, 3.05) is 6.54 Å². The molecular formula is C18H27FN2. The summed E-state index contributed by atoms with van der Waals surface area (Å²) >= 11 is 0. The molecule has 0 atom stereocenters. The highest BCUT2D eigenvalue weighted by Gasteiger charge is 2.20. The Morgan fingerprint density at radius 3 is 2.57 bits per heavy atom.